The summed E-state index contributed by atoms with van der Waals surface area (Å²) in [5.74, 6) is 0.650. The van der Waals surface area contributed by atoms with Crippen molar-refractivity contribution in [2.45, 2.75) is 0 Å². The number of para-hydroxylation sites is 2. The molecule has 11 rings (SSSR count). The van der Waals surface area contributed by atoms with Crippen LogP contribution in [0.3, 0.4) is 0 Å². The molecule has 0 aliphatic carbocycles. The molecule has 0 saturated carbocycles. The Kier molecular flexibility index (Phi) is 8.15. The summed E-state index contributed by atoms with van der Waals surface area (Å²) in [7, 11) is 0. The maximum Gasteiger partial charge on any atom is 0.188 e. The van der Waals surface area contributed by atoms with Gasteiger partial charge in [-0.15, -0.1) is 0 Å². The van der Waals surface area contributed by atoms with Crippen LogP contribution in [0.2, 0.25) is 0 Å². The normalized spacial score (nSPS) is 11.3. The van der Waals surface area contributed by atoms with E-state index in [-0.39, 0.29) is 0 Å². The Bertz CT molecular complexity index is 3380. The molecule has 0 unspecified atom stereocenters. The van der Waals surface area contributed by atoms with Gasteiger partial charge < -0.3 is 9.13 Å². The number of benzene rings is 8. The molecule has 0 atom stereocenters. The molecular formula is C54H32N6. The molecule has 0 bridgehead atoms. The first-order valence-electron chi connectivity index (χ1n) is 19.7. The summed E-state index contributed by atoms with van der Waals surface area (Å²) in [6.45, 7) is 7.80. The Balaban J connectivity index is 1.19. The topological polar surface area (TPSA) is 63.8 Å². The van der Waals surface area contributed by atoms with Crippen LogP contribution >= 0.6 is 0 Å². The quantitative estimate of drug-likeness (QED) is 0.158. The lowest BCUT2D eigenvalue weighted by Crippen LogP contribution is -2.00. The van der Waals surface area contributed by atoms with Crippen molar-refractivity contribution in [2.24, 2.45) is 0 Å². The van der Waals surface area contributed by atoms with Gasteiger partial charge >= 0.3 is 0 Å². The van der Waals surface area contributed by atoms with Gasteiger partial charge in [-0.3, -0.25) is 0 Å². The van der Waals surface area contributed by atoms with Crippen molar-refractivity contribution in [3.8, 4) is 62.5 Å². The molecule has 0 amide bonds. The van der Waals surface area contributed by atoms with Crippen molar-refractivity contribution in [3.63, 3.8) is 0 Å². The van der Waals surface area contributed by atoms with E-state index in [4.69, 9.17) is 16.5 Å². The lowest BCUT2D eigenvalue weighted by Gasteiger charge is -2.18. The van der Waals surface area contributed by atoms with Gasteiger partial charge in [0, 0.05) is 44.1 Å². The van der Waals surface area contributed by atoms with Crippen LogP contribution in [0, 0.1) is 17.9 Å². The Morgan fingerprint density at radius 3 is 1.75 bits per heavy atom. The van der Waals surface area contributed by atoms with Crippen molar-refractivity contribution in [1.29, 1.82) is 5.26 Å². The second kappa shape index (κ2) is 14.1. The van der Waals surface area contributed by atoms with E-state index in [1.165, 1.54) is 10.8 Å². The minimum Gasteiger partial charge on any atom is -0.309 e. The molecule has 278 valence electrons. The van der Waals surface area contributed by atoms with Crippen LogP contribution in [-0.4, -0.2) is 19.1 Å². The predicted octanol–water partition coefficient (Wildman–Crippen LogP) is 13.8. The molecule has 0 radical (unpaired) electrons. The first kappa shape index (κ1) is 34.7. The first-order valence-corrected chi connectivity index (χ1v) is 19.7. The summed E-state index contributed by atoms with van der Waals surface area (Å²) in [6.07, 6.45) is 0. The zero-order valence-corrected chi connectivity index (χ0v) is 32.2. The minimum atomic E-state index is 0.547. The number of aromatic nitrogens is 4. The standard InChI is InChI=1S/C54H32N6/c1-56-40-25-28-53-46(32-40)45-29-35(34-55)23-26-52(45)60(53)51-27-24-39(48-33-47(36-13-4-2-5-14-36)57-54(58-48)37-15-6-3-7-16-37)31-44(51)38-17-12-18-41(30-38)59-49-21-10-8-19-42(49)43-20-9-11-22-50(43)59/h2-33H. The molecule has 0 spiro atoms. The third-order valence-corrected chi connectivity index (χ3v) is 11.4. The molecule has 0 fully saturated rings. The number of hydrogen-bond donors (Lipinski definition) is 0. The van der Waals surface area contributed by atoms with E-state index in [1.54, 1.807) is 0 Å². The minimum absolute atomic E-state index is 0.547. The van der Waals surface area contributed by atoms with Crippen LogP contribution in [0.5, 0.6) is 0 Å². The first-order chi connectivity index (χ1) is 29.6. The maximum atomic E-state index is 9.93. The van der Waals surface area contributed by atoms with E-state index >= 15 is 0 Å². The Morgan fingerprint density at radius 2 is 1.05 bits per heavy atom. The molecule has 0 aliphatic rings. The lowest BCUT2D eigenvalue weighted by atomic mass is 9.97. The second-order valence-electron chi connectivity index (χ2n) is 14.8. The van der Waals surface area contributed by atoms with Crippen molar-refractivity contribution < 1.29 is 0 Å². The van der Waals surface area contributed by atoms with Crippen molar-refractivity contribution in [3.05, 3.63) is 211 Å². The van der Waals surface area contributed by atoms with Crippen LogP contribution in [-0.2, 0) is 0 Å². The number of fused-ring (bicyclic) bond motifs is 6. The number of rotatable bonds is 6. The van der Waals surface area contributed by atoms with Crippen LogP contribution in [0.4, 0.5) is 5.69 Å². The van der Waals surface area contributed by atoms with Gasteiger partial charge in [0.1, 0.15) is 0 Å². The highest BCUT2D eigenvalue weighted by atomic mass is 15.0. The largest absolute Gasteiger partial charge is 0.309 e. The molecule has 6 nitrogen and oxygen atoms in total. The van der Waals surface area contributed by atoms with Crippen molar-refractivity contribution >= 4 is 49.3 Å². The van der Waals surface area contributed by atoms with E-state index in [9.17, 15) is 5.26 Å². The van der Waals surface area contributed by atoms with Crippen molar-refractivity contribution in [1.82, 2.24) is 19.1 Å². The molecular weight excluding hydrogens is 733 g/mol. The van der Waals surface area contributed by atoms with Crippen LogP contribution in [0.1, 0.15) is 5.56 Å². The number of nitriles is 1. The number of hydrogen-bond acceptors (Lipinski definition) is 3. The number of nitrogens with zero attached hydrogens (tertiary/aromatic N) is 6. The van der Waals surface area contributed by atoms with Gasteiger partial charge in [0.05, 0.1) is 57.3 Å². The average molecular weight is 765 g/mol. The summed E-state index contributed by atoms with van der Waals surface area (Å²) in [6, 6.07) is 68.8. The highest BCUT2D eigenvalue weighted by Gasteiger charge is 2.20. The van der Waals surface area contributed by atoms with E-state index in [1.807, 2.05) is 84.9 Å². The molecule has 3 aromatic heterocycles. The van der Waals surface area contributed by atoms with Crippen LogP contribution < -0.4 is 0 Å². The Labute approximate surface area is 346 Å². The van der Waals surface area contributed by atoms with E-state index in [0.717, 1.165) is 83.4 Å². The molecule has 6 heteroatoms. The maximum absolute atomic E-state index is 9.93. The van der Waals surface area contributed by atoms with Gasteiger partial charge in [0.15, 0.2) is 11.5 Å². The zero-order valence-electron chi connectivity index (χ0n) is 32.2. The van der Waals surface area contributed by atoms with Crippen molar-refractivity contribution in [2.75, 3.05) is 0 Å². The Hall–Kier alpha value is -8.58. The molecule has 0 N–H and O–H groups in total. The third-order valence-electron chi connectivity index (χ3n) is 11.4. The monoisotopic (exact) mass is 764 g/mol. The molecule has 3 heterocycles. The van der Waals surface area contributed by atoms with Gasteiger partial charge in [-0.25, -0.2) is 14.8 Å². The SMILES string of the molecule is [C-]#[N+]c1ccc2c(c1)c1cc(C#N)ccc1n2-c1ccc(-c2cc(-c3ccccc3)nc(-c3ccccc3)n2)cc1-c1cccc(-n2c3ccccc3c3ccccc32)c1. The zero-order chi connectivity index (χ0) is 40.2. The summed E-state index contributed by atoms with van der Waals surface area (Å²) in [5, 5.41) is 14.2. The highest BCUT2D eigenvalue weighted by Crippen LogP contribution is 2.41. The van der Waals surface area contributed by atoms with Crippen LogP contribution in [0.25, 0.3) is 105 Å². The van der Waals surface area contributed by atoms with Gasteiger partial charge in [-0.1, -0.05) is 121 Å². The molecule has 11 aromatic rings. The molecule has 60 heavy (non-hydrogen) atoms. The third kappa shape index (κ3) is 5.71. The lowest BCUT2D eigenvalue weighted by molar-refractivity contribution is 1.16. The molecule has 8 aromatic carbocycles. The second-order valence-corrected chi connectivity index (χ2v) is 14.8. The molecule has 0 saturated heterocycles. The van der Waals surface area contributed by atoms with Gasteiger partial charge in [0.25, 0.3) is 0 Å². The van der Waals surface area contributed by atoms with Gasteiger partial charge in [-0.2, -0.15) is 5.26 Å². The molecule has 0 aliphatic heterocycles. The van der Waals surface area contributed by atoms with E-state index < -0.39 is 0 Å². The van der Waals surface area contributed by atoms with Gasteiger partial charge in [-0.05, 0) is 83.7 Å². The summed E-state index contributed by atoms with van der Waals surface area (Å²) < 4.78 is 4.60. The van der Waals surface area contributed by atoms with Gasteiger partial charge in [0.2, 0.25) is 0 Å². The smallest absolute Gasteiger partial charge is 0.188 e. The van der Waals surface area contributed by atoms with Crippen LogP contribution in [0.15, 0.2) is 194 Å². The summed E-state index contributed by atoms with van der Waals surface area (Å²) in [5.41, 5.74) is 13.8. The fourth-order valence-corrected chi connectivity index (χ4v) is 8.61. The Morgan fingerprint density at radius 1 is 0.450 bits per heavy atom. The fourth-order valence-electron chi connectivity index (χ4n) is 8.61. The summed E-state index contributed by atoms with van der Waals surface area (Å²) in [4.78, 5) is 14.0. The summed E-state index contributed by atoms with van der Waals surface area (Å²) >= 11 is 0. The predicted molar refractivity (Wildman–Crippen MR) is 243 cm³/mol. The van der Waals surface area contributed by atoms with E-state index in [2.05, 4.69) is 129 Å². The fraction of sp³-hybridized carbons (Fsp3) is 0. The highest BCUT2D eigenvalue weighted by molar-refractivity contribution is 6.12. The average Bonchev–Trinajstić information content (AvgIpc) is 3.84. The van der Waals surface area contributed by atoms with E-state index in [0.29, 0.717) is 17.1 Å².